The van der Waals surface area contributed by atoms with Crippen LogP contribution in [-0.4, -0.2) is 21.8 Å². The van der Waals surface area contributed by atoms with Gasteiger partial charge in [-0.1, -0.05) is 5.16 Å². The van der Waals surface area contributed by atoms with E-state index in [1.54, 1.807) is 12.3 Å². The number of hydrogen-bond donors (Lipinski definition) is 2. The number of halogens is 2. The summed E-state index contributed by atoms with van der Waals surface area (Å²) in [5.41, 5.74) is 0.590. The average Bonchev–Trinajstić information content (AvgIpc) is 2.90. The standard InChI is InChI=1S/C13H11F2N3O2S/c1-6-3-8(10(15)4-9(6)14)12(19)17-13-16-11(5-21-13)7(2)18-20/h3-5,20H,1-2H3,(H,16,17,19)/b18-7-. The number of aryl methyl sites for hydroxylation is 1. The van der Waals surface area contributed by atoms with E-state index < -0.39 is 17.5 Å². The van der Waals surface area contributed by atoms with E-state index in [4.69, 9.17) is 5.21 Å². The van der Waals surface area contributed by atoms with Gasteiger partial charge in [0.1, 0.15) is 23.0 Å². The first-order chi connectivity index (χ1) is 9.92. The van der Waals surface area contributed by atoms with Crippen molar-refractivity contribution in [2.24, 2.45) is 5.16 Å². The molecule has 5 nitrogen and oxygen atoms in total. The van der Waals surface area contributed by atoms with E-state index in [1.807, 2.05) is 0 Å². The molecule has 0 radical (unpaired) electrons. The molecule has 1 amide bonds. The number of benzene rings is 1. The van der Waals surface area contributed by atoms with Gasteiger partial charge in [-0.25, -0.2) is 13.8 Å². The van der Waals surface area contributed by atoms with Crippen molar-refractivity contribution < 1.29 is 18.8 Å². The Morgan fingerprint density at radius 2 is 2.10 bits per heavy atom. The summed E-state index contributed by atoms with van der Waals surface area (Å²) in [5, 5.41) is 15.8. The molecule has 1 heterocycles. The molecular formula is C13H11F2N3O2S. The lowest BCUT2D eigenvalue weighted by molar-refractivity contribution is 0.102. The van der Waals surface area contributed by atoms with Crippen LogP contribution in [0.25, 0.3) is 0 Å². The summed E-state index contributed by atoms with van der Waals surface area (Å²) >= 11 is 1.10. The molecule has 0 spiro atoms. The number of anilines is 1. The smallest absolute Gasteiger partial charge is 0.260 e. The third-order valence-electron chi connectivity index (χ3n) is 2.74. The third-order valence-corrected chi connectivity index (χ3v) is 3.50. The van der Waals surface area contributed by atoms with Crippen LogP contribution < -0.4 is 5.32 Å². The topological polar surface area (TPSA) is 74.6 Å². The van der Waals surface area contributed by atoms with Crippen LogP contribution in [-0.2, 0) is 0 Å². The Hall–Kier alpha value is -2.35. The zero-order valence-corrected chi connectivity index (χ0v) is 12.0. The Balaban J connectivity index is 2.22. The van der Waals surface area contributed by atoms with Gasteiger partial charge in [0.05, 0.1) is 5.56 Å². The Morgan fingerprint density at radius 3 is 2.76 bits per heavy atom. The van der Waals surface area contributed by atoms with Crippen molar-refractivity contribution in [3.63, 3.8) is 0 Å². The summed E-state index contributed by atoms with van der Waals surface area (Å²) < 4.78 is 26.8. The maximum atomic E-state index is 13.6. The van der Waals surface area contributed by atoms with Crippen molar-refractivity contribution in [2.75, 3.05) is 5.32 Å². The SMILES string of the molecule is C/C(=N/O)c1csc(NC(=O)c2cc(C)c(F)cc2F)n1. The Morgan fingerprint density at radius 1 is 1.38 bits per heavy atom. The van der Waals surface area contributed by atoms with Gasteiger partial charge in [-0.2, -0.15) is 0 Å². The Kier molecular flexibility index (Phi) is 4.27. The molecule has 0 fully saturated rings. The third kappa shape index (κ3) is 3.22. The first kappa shape index (κ1) is 15.0. The lowest BCUT2D eigenvalue weighted by Crippen LogP contribution is -2.14. The van der Waals surface area contributed by atoms with Crippen LogP contribution in [0.2, 0.25) is 0 Å². The van der Waals surface area contributed by atoms with Crippen molar-refractivity contribution in [1.82, 2.24) is 4.98 Å². The van der Waals surface area contributed by atoms with Crippen molar-refractivity contribution in [3.8, 4) is 0 Å². The predicted octanol–water partition coefficient (Wildman–Crippen LogP) is 3.18. The molecular weight excluding hydrogens is 300 g/mol. The minimum Gasteiger partial charge on any atom is -0.411 e. The molecule has 0 aliphatic heterocycles. The Bertz CT molecular complexity index is 728. The molecule has 0 saturated heterocycles. The van der Waals surface area contributed by atoms with Crippen LogP contribution in [0.3, 0.4) is 0 Å². The summed E-state index contributed by atoms with van der Waals surface area (Å²) in [6.45, 7) is 2.98. The number of carbonyl (C=O) groups is 1. The molecule has 8 heteroatoms. The number of nitrogens with zero attached hydrogens (tertiary/aromatic N) is 2. The van der Waals surface area contributed by atoms with Crippen LogP contribution in [0, 0.1) is 18.6 Å². The van der Waals surface area contributed by atoms with Crippen molar-refractivity contribution in [1.29, 1.82) is 0 Å². The molecule has 1 aromatic carbocycles. The molecule has 1 aromatic heterocycles. The van der Waals surface area contributed by atoms with Crippen molar-refractivity contribution in [2.45, 2.75) is 13.8 Å². The zero-order valence-electron chi connectivity index (χ0n) is 11.1. The monoisotopic (exact) mass is 311 g/mol. The second kappa shape index (κ2) is 5.96. The highest BCUT2D eigenvalue weighted by Gasteiger charge is 2.16. The number of aromatic nitrogens is 1. The molecule has 0 aliphatic carbocycles. The normalized spacial score (nSPS) is 11.5. The average molecular weight is 311 g/mol. The van der Waals surface area contributed by atoms with E-state index in [0.29, 0.717) is 11.8 Å². The van der Waals surface area contributed by atoms with Crippen LogP contribution in [0.4, 0.5) is 13.9 Å². The van der Waals surface area contributed by atoms with Crippen LogP contribution >= 0.6 is 11.3 Å². The number of rotatable bonds is 3. The van der Waals surface area contributed by atoms with Crippen LogP contribution in [0.15, 0.2) is 22.7 Å². The highest BCUT2D eigenvalue weighted by Crippen LogP contribution is 2.19. The molecule has 0 saturated carbocycles. The van der Waals surface area contributed by atoms with E-state index in [2.05, 4.69) is 15.5 Å². The fourth-order valence-corrected chi connectivity index (χ4v) is 2.29. The van der Waals surface area contributed by atoms with Crippen molar-refractivity contribution in [3.05, 3.63) is 46.0 Å². The molecule has 0 aliphatic rings. The Labute approximate surface area is 122 Å². The zero-order chi connectivity index (χ0) is 15.6. The summed E-state index contributed by atoms with van der Waals surface area (Å²) in [6.07, 6.45) is 0. The number of carbonyl (C=O) groups excluding carboxylic acids is 1. The summed E-state index contributed by atoms with van der Waals surface area (Å²) in [5.74, 6) is -2.38. The van der Waals surface area contributed by atoms with E-state index in [0.717, 1.165) is 17.4 Å². The largest absolute Gasteiger partial charge is 0.411 e. The first-order valence-electron chi connectivity index (χ1n) is 5.84. The fourth-order valence-electron chi connectivity index (χ4n) is 1.54. The number of thiazole rings is 1. The van der Waals surface area contributed by atoms with Crippen LogP contribution in [0.1, 0.15) is 28.5 Å². The minimum atomic E-state index is -0.944. The van der Waals surface area contributed by atoms with Gasteiger partial charge in [-0.15, -0.1) is 11.3 Å². The lowest BCUT2D eigenvalue weighted by Gasteiger charge is -2.05. The van der Waals surface area contributed by atoms with Gasteiger partial charge in [0.15, 0.2) is 5.13 Å². The van der Waals surface area contributed by atoms with E-state index in [1.165, 1.54) is 6.92 Å². The second-order valence-corrected chi connectivity index (χ2v) is 5.12. The minimum absolute atomic E-state index is 0.171. The molecule has 2 rings (SSSR count). The van der Waals surface area contributed by atoms with Gasteiger partial charge < -0.3 is 5.21 Å². The van der Waals surface area contributed by atoms with E-state index in [-0.39, 0.29) is 22.0 Å². The quantitative estimate of drug-likeness (QED) is 0.519. The van der Waals surface area contributed by atoms with Gasteiger partial charge in [0.25, 0.3) is 5.91 Å². The molecule has 2 N–H and O–H groups in total. The number of amides is 1. The van der Waals surface area contributed by atoms with Gasteiger partial charge >= 0.3 is 0 Å². The van der Waals surface area contributed by atoms with Gasteiger partial charge in [-0.3, -0.25) is 10.1 Å². The number of oxime groups is 1. The van der Waals surface area contributed by atoms with Gasteiger partial charge in [0, 0.05) is 11.4 Å². The highest BCUT2D eigenvalue weighted by atomic mass is 32.1. The lowest BCUT2D eigenvalue weighted by atomic mass is 10.1. The highest BCUT2D eigenvalue weighted by molar-refractivity contribution is 7.14. The maximum absolute atomic E-state index is 13.6. The molecule has 0 unspecified atom stereocenters. The molecule has 2 aromatic rings. The summed E-state index contributed by atoms with van der Waals surface area (Å²) in [4.78, 5) is 16.0. The number of hydrogen-bond acceptors (Lipinski definition) is 5. The van der Waals surface area contributed by atoms with Gasteiger partial charge in [-0.05, 0) is 25.5 Å². The first-order valence-corrected chi connectivity index (χ1v) is 6.72. The molecule has 0 atom stereocenters. The maximum Gasteiger partial charge on any atom is 0.260 e. The van der Waals surface area contributed by atoms with Gasteiger partial charge in [0.2, 0.25) is 0 Å². The fraction of sp³-hybridized carbons (Fsp3) is 0.154. The van der Waals surface area contributed by atoms with Crippen molar-refractivity contribution >= 4 is 28.1 Å². The molecule has 21 heavy (non-hydrogen) atoms. The summed E-state index contributed by atoms with van der Waals surface area (Å²) in [6, 6.07) is 1.80. The molecule has 110 valence electrons. The summed E-state index contributed by atoms with van der Waals surface area (Å²) in [7, 11) is 0. The van der Waals surface area contributed by atoms with E-state index in [9.17, 15) is 13.6 Å². The number of nitrogens with one attached hydrogen (secondary N) is 1. The van der Waals surface area contributed by atoms with Crippen LogP contribution in [0.5, 0.6) is 0 Å². The van der Waals surface area contributed by atoms with E-state index >= 15 is 0 Å². The second-order valence-electron chi connectivity index (χ2n) is 4.26. The molecule has 0 bridgehead atoms. The predicted molar refractivity (Wildman–Crippen MR) is 75.2 cm³/mol.